The van der Waals surface area contributed by atoms with Gasteiger partial charge in [0.15, 0.2) is 0 Å². The molecule has 0 aliphatic carbocycles. The SMILES string of the molecule is OB(O)c1ccc(-c2cc(-c3ccccc3)c3c4ccccc4c4ccccc4c3c2-c2ccccc2)cc1. The Hall–Kier alpha value is -4.70. The molecule has 0 radical (unpaired) electrons. The smallest absolute Gasteiger partial charge is 0.423 e. The number of hydrogen-bond donors (Lipinski definition) is 2. The first kappa shape index (κ1) is 23.4. The Bertz CT molecular complexity index is 1960. The van der Waals surface area contributed by atoms with Crippen LogP contribution in [0.2, 0.25) is 0 Å². The van der Waals surface area contributed by atoms with E-state index in [1.807, 2.05) is 12.1 Å². The lowest BCUT2D eigenvalue weighted by atomic mass is 9.78. The van der Waals surface area contributed by atoms with Crippen molar-refractivity contribution in [2.45, 2.75) is 0 Å². The summed E-state index contributed by atoms with van der Waals surface area (Å²) >= 11 is 0. The zero-order chi connectivity index (χ0) is 26.3. The van der Waals surface area contributed by atoms with Crippen LogP contribution in [0.5, 0.6) is 0 Å². The van der Waals surface area contributed by atoms with Crippen molar-refractivity contribution in [1.82, 2.24) is 0 Å². The van der Waals surface area contributed by atoms with Gasteiger partial charge >= 0.3 is 7.12 Å². The molecule has 0 heterocycles. The van der Waals surface area contributed by atoms with Crippen molar-refractivity contribution in [1.29, 1.82) is 0 Å². The van der Waals surface area contributed by atoms with Gasteiger partial charge in [0.1, 0.15) is 0 Å². The van der Waals surface area contributed by atoms with Gasteiger partial charge in [-0.25, -0.2) is 0 Å². The highest BCUT2D eigenvalue weighted by molar-refractivity contribution is 6.58. The van der Waals surface area contributed by atoms with E-state index in [0.29, 0.717) is 5.46 Å². The molecule has 0 spiro atoms. The lowest BCUT2D eigenvalue weighted by Crippen LogP contribution is -2.29. The Morgan fingerprint density at radius 1 is 0.385 bits per heavy atom. The third-order valence-corrected chi connectivity index (χ3v) is 7.68. The fraction of sp³-hybridized carbons (Fsp3) is 0. The maximum Gasteiger partial charge on any atom is 0.488 e. The normalized spacial score (nSPS) is 11.3. The predicted octanol–water partition coefficient (Wildman–Crippen LogP) is 7.83. The number of benzene rings is 7. The lowest BCUT2D eigenvalue weighted by molar-refractivity contribution is 0.426. The van der Waals surface area contributed by atoms with Gasteiger partial charge in [-0.15, -0.1) is 0 Å². The molecule has 0 aliphatic rings. The first-order valence-electron chi connectivity index (χ1n) is 13.2. The summed E-state index contributed by atoms with van der Waals surface area (Å²) in [7, 11) is -1.50. The van der Waals surface area contributed by atoms with Crippen LogP contribution in [-0.4, -0.2) is 17.2 Å². The molecule has 0 atom stereocenters. The van der Waals surface area contributed by atoms with Crippen LogP contribution < -0.4 is 5.46 Å². The van der Waals surface area contributed by atoms with Gasteiger partial charge in [0.2, 0.25) is 0 Å². The predicted molar refractivity (Wildman–Crippen MR) is 165 cm³/mol. The number of rotatable bonds is 4. The second-order valence-electron chi connectivity index (χ2n) is 9.92. The molecule has 0 fully saturated rings. The van der Waals surface area contributed by atoms with Gasteiger partial charge in [-0.2, -0.15) is 0 Å². The van der Waals surface area contributed by atoms with E-state index in [1.165, 1.54) is 43.4 Å². The van der Waals surface area contributed by atoms with Gasteiger partial charge in [-0.05, 0) is 77.2 Å². The summed E-state index contributed by atoms with van der Waals surface area (Å²) in [6, 6.07) is 48.4. The Morgan fingerprint density at radius 2 is 0.846 bits per heavy atom. The third kappa shape index (κ3) is 3.92. The summed E-state index contributed by atoms with van der Waals surface area (Å²) in [6.07, 6.45) is 0. The Balaban J connectivity index is 1.75. The molecule has 0 amide bonds. The van der Waals surface area contributed by atoms with Gasteiger partial charge in [0.05, 0.1) is 0 Å². The summed E-state index contributed by atoms with van der Waals surface area (Å²) < 4.78 is 0. The minimum absolute atomic E-state index is 0.473. The lowest BCUT2D eigenvalue weighted by Gasteiger charge is -2.22. The van der Waals surface area contributed by atoms with E-state index in [1.54, 1.807) is 12.1 Å². The van der Waals surface area contributed by atoms with E-state index < -0.39 is 7.12 Å². The molecule has 0 bridgehead atoms. The molecular weight excluding hydrogens is 475 g/mol. The van der Waals surface area contributed by atoms with E-state index >= 15 is 0 Å². The monoisotopic (exact) mass is 500 g/mol. The van der Waals surface area contributed by atoms with E-state index in [9.17, 15) is 10.0 Å². The van der Waals surface area contributed by atoms with Crippen LogP contribution in [0.25, 0.3) is 65.7 Å². The minimum Gasteiger partial charge on any atom is -0.423 e. The van der Waals surface area contributed by atoms with E-state index in [4.69, 9.17) is 0 Å². The molecule has 184 valence electrons. The second-order valence-corrected chi connectivity index (χ2v) is 9.92. The molecule has 0 saturated carbocycles. The maximum absolute atomic E-state index is 9.73. The van der Waals surface area contributed by atoms with Crippen LogP contribution in [-0.2, 0) is 0 Å². The fourth-order valence-corrected chi connectivity index (χ4v) is 5.92. The highest BCUT2D eigenvalue weighted by atomic mass is 16.4. The average Bonchev–Trinajstić information content (AvgIpc) is 3.01. The Morgan fingerprint density at radius 3 is 1.41 bits per heavy atom. The van der Waals surface area contributed by atoms with Gasteiger partial charge in [0.25, 0.3) is 0 Å². The number of fused-ring (bicyclic) bond motifs is 6. The molecule has 0 aliphatic heterocycles. The molecule has 7 aromatic carbocycles. The standard InChI is InChI=1S/C36H25BO2/c38-37(39)27-21-19-25(20-22-27)32-23-33(24-11-3-1-4-12-24)35-30-17-9-7-15-28(30)29-16-8-10-18-31(29)36(35)34(32)26-13-5-2-6-14-26/h1-23,38-39H. The highest BCUT2D eigenvalue weighted by Crippen LogP contribution is 2.48. The second kappa shape index (κ2) is 9.56. The maximum atomic E-state index is 9.73. The summed E-state index contributed by atoms with van der Waals surface area (Å²) in [5.74, 6) is 0. The van der Waals surface area contributed by atoms with Gasteiger partial charge in [-0.1, -0.05) is 133 Å². The molecule has 3 heteroatoms. The van der Waals surface area contributed by atoms with Gasteiger partial charge < -0.3 is 10.0 Å². The highest BCUT2D eigenvalue weighted by Gasteiger charge is 2.21. The van der Waals surface area contributed by atoms with Crippen LogP contribution in [0.3, 0.4) is 0 Å². The summed E-state index contributed by atoms with van der Waals surface area (Å²) in [5, 5.41) is 26.8. The first-order valence-corrected chi connectivity index (χ1v) is 13.2. The van der Waals surface area contributed by atoms with Crippen molar-refractivity contribution in [2.24, 2.45) is 0 Å². The zero-order valence-corrected chi connectivity index (χ0v) is 21.3. The minimum atomic E-state index is -1.50. The molecule has 7 aromatic rings. The van der Waals surface area contributed by atoms with Crippen molar-refractivity contribution >= 4 is 44.9 Å². The van der Waals surface area contributed by atoms with Crippen LogP contribution in [0.4, 0.5) is 0 Å². The van der Waals surface area contributed by atoms with Crippen molar-refractivity contribution in [3.8, 4) is 33.4 Å². The van der Waals surface area contributed by atoms with Crippen molar-refractivity contribution in [3.05, 3.63) is 140 Å². The largest absolute Gasteiger partial charge is 0.488 e. The topological polar surface area (TPSA) is 40.5 Å². The fourth-order valence-electron chi connectivity index (χ4n) is 5.92. The van der Waals surface area contributed by atoms with E-state index in [0.717, 1.165) is 22.3 Å². The molecule has 2 nitrogen and oxygen atoms in total. The van der Waals surface area contributed by atoms with Crippen LogP contribution in [0.15, 0.2) is 140 Å². The van der Waals surface area contributed by atoms with E-state index in [-0.39, 0.29) is 0 Å². The number of hydrogen-bond acceptors (Lipinski definition) is 2. The molecule has 7 rings (SSSR count). The molecule has 39 heavy (non-hydrogen) atoms. The Labute approximate surface area is 227 Å². The summed E-state index contributed by atoms with van der Waals surface area (Å²) in [4.78, 5) is 0. The van der Waals surface area contributed by atoms with Crippen molar-refractivity contribution in [3.63, 3.8) is 0 Å². The van der Waals surface area contributed by atoms with Crippen molar-refractivity contribution in [2.75, 3.05) is 0 Å². The first-order chi connectivity index (χ1) is 19.2. The third-order valence-electron chi connectivity index (χ3n) is 7.68. The summed E-state index contributed by atoms with van der Waals surface area (Å²) in [5.41, 5.74) is 7.25. The zero-order valence-electron chi connectivity index (χ0n) is 21.3. The Kier molecular flexibility index (Phi) is 5.74. The molecule has 2 N–H and O–H groups in total. The van der Waals surface area contributed by atoms with Crippen LogP contribution in [0.1, 0.15) is 0 Å². The molecule has 0 saturated heterocycles. The molecule has 0 aromatic heterocycles. The van der Waals surface area contributed by atoms with Crippen LogP contribution >= 0.6 is 0 Å². The van der Waals surface area contributed by atoms with Crippen LogP contribution in [0, 0.1) is 0 Å². The summed E-state index contributed by atoms with van der Waals surface area (Å²) in [6.45, 7) is 0. The quantitative estimate of drug-likeness (QED) is 0.191. The van der Waals surface area contributed by atoms with E-state index in [2.05, 4.69) is 115 Å². The van der Waals surface area contributed by atoms with Crippen molar-refractivity contribution < 1.29 is 10.0 Å². The molecule has 0 unspecified atom stereocenters. The van der Waals surface area contributed by atoms with Gasteiger partial charge in [-0.3, -0.25) is 0 Å². The average molecular weight is 500 g/mol. The molecular formula is C36H25BO2. The van der Waals surface area contributed by atoms with Gasteiger partial charge in [0, 0.05) is 0 Å².